The van der Waals surface area contributed by atoms with Gasteiger partial charge in [0.2, 0.25) is 5.91 Å². The average Bonchev–Trinajstić information content (AvgIpc) is 2.43. The van der Waals surface area contributed by atoms with Crippen LogP contribution in [0.3, 0.4) is 0 Å². The van der Waals surface area contributed by atoms with Crippen molar-refractivity contribution in [3.05, 3.63) is 21.4 Å². The monoisotopic (exact) mass is 240 g/mol. The van der Waals surface area contributed by atoms with Gasteiger partial charge in [-0.1, -0.05) is 0 Å². The number of likely N-dealkylation sites (N-methyl/N-ethyl adjacent to an activating group) is 1. The number of amides is 1. The number of hydrogen-bond donors (Lipinski definition) is 1. The lowest BCUT2D eigenvalue weighted by Gasteiger charge is -2.12. The summed E-state index contributed by atoms with van der Waals surface area (Å²) in [6, 6.07) is 1.89. The SMILES string of the molecule is Cc1cc(C(=O)CN(C)CC(N)=O)c(C)s1. The first-order chi connectivity index (χ1) is 7.40. The third kappa shape index (κ3) is 3.43. The van der Waals surface area contributed by atoms with E-state index in [4.69, 9.17) is 5.73 Å². The maximum atomic E-state index is 11.9. The highest BCUT2D eigenvalue weighted by atomic mass is 32.1. The van der Waals surface area contributed by atoms with Crippen LogP contribution in [-0.2, 0) is 4.79 Å². The lowest BCUT2D eigenvalue weighted by molar-refractivity contribution is -0.118. The van der Waals surface area contributed by atoms with Gasteiger partial charge in [-0.3, -0.25) is 14.5 Å². The number of carbonyl (C=O) groups excluding carboxylic acids is 2. The number of rotatable bonds is 5. The molecule has 16 heavy (non-hydrogen) atoms. The second kappa shape index (κ2) is 5.23. The summed E-state index contributed by atoms with van der Waals surface area (Å²) in [7, 11) is 1.71. The number of Topliss-reactive ketones (excluding diaryl/α,β-unsaturated/α-hetero) is 1. The van der Waals surface area contributed by atoms with E-state index in [1.165, 1.54) is 0 Å². The second-order valence-electron chi connectivity index (χ2n) is 3.89. The van der Waals surface area contributed by atoms with Gasteiger partial charge in [0.1, 0.15) is 0 Å². The van der Waals surface area contributed by atoms with Crippen LogP contribution < -0.4 is 5.73 Å². The van der Waals surface area contributed by atoms with E-state index in [1.54, 1.807) is 23.3 Å². The predicted octanol–water partition coefficient (Wildman–Crippen LogP) is 0.965. The van der Waals surface area contributed by atoms with E-state index in [-0.39, 0.29) is 18.9 Å². The Bertz CT molecular complexity index is 412. The number of thiophene rings is 1. The summed E-state index contributed by atoms with van der Waals surface area (Å²) < 4.78 is 0. The molecule has 0 radical (unpaired) electrons. The number of hydrogen-bond acceptors (Lipinski definition) is 4. The molecule has 88 valence electrons. The summed E-state index contributed by atoms with van der Waals surface area (Å²) in [5.74, 6) is -0.390. The molecule has 0 aliphatic rings. The molecule has 0 saturated heterocycles. The number of aryl methyl sites for hydroxylation is 2. The molecule has 0 atom stereocenters. The Morgan fingerprint density at radius 3 is 2.44 bits per heavy atom. The van der Waals surface area contributed by atoms with Crippen molar-refractivity contribution in [3.8, 4) is 0 Å². The van der Waals surface area contributed by atoms with Crippen molar-refractivity contribution < 1.29 is 9.59 Å². The number of carbonyl (C=O) groups is 2. The lowest BCUT2D eigenvalue weighted by atomic mass is 10.1. The van der Waals surface area contributed by atoms with Crippen LogP contribution in [0.1, 0.15) is 20.1 Å². The third-order valence-electron chi connectivity index (χ3n) is 2.18. The minimum Gasteiger partial charge on any atom is -0.369 e. The molecule has 1 aromatic heterocycles. The zero-order valence-corrected chi connectivity index (χ0v) is 10.6. The predicted molar refractivity (Wildman–Crippen MR) is 64.8 cm³/mol. The zero-order chi connectivity index (χ0) is 12.3. The van der Waals surface area contributed by atoms with Crippen LogP contribution in [0.15, 0.2) is 6.07 Å². The van der Waals surface area contributed by atoms with E-state index < -0.39 is 5.91 Å². The molecule has 0 aliphatic heterocycles. The van der Waals surface area contributed by atoms with E-state index in [2.05, 4.69) is 0 Å². The topological polar surface area (TPSA) is 63.4 Å². The molecule has 1 rings (SSSR count). The molecule has 4 nitrogen and oxygen atoms in total. The fraction of sp³-hybridized carbons (Fsp3) is 0.455. The molecule has 2 N–H and O–H groups in total. The van der Waals surface area contributed by atoms with Crippen LogP contribution in [0.25, 0.3) is 0 Å². The van der Waals surface area contributed by atoms with Crippen LogP contribution >= 0.6 is 11.3 Å². The van der Waals surface area contributed by atoms with Gasteiger partial charge in [-0.2, -0.15) is 0 Å². The Kier molecular flexibility index (Phi) is 4.20. The first kappa shape index (κ1) is 12.9. The number of nitrogens with zero attached hydrogens (tertiary/aromatic N) is 1. The smallest absolute Gasteiger partial charge is 0.231 e. The van der Waals surface area contributed by atoms with Crippen molar-refractivity contribution in [2.45, 2.75) is 13.8 Å². The average molecular weight is 240 g/mol. The van der Waals surface area contributed by atoms with Gasteiger partial charge in [-0.15, -0.1) is 11.3 Å². The van der Waals surface area contributed by atoms with Crippen LogP contribution in [0, 0.1) is 13.8 Å². The van der Waals surface area contributed by atoms with Crippen molar-refractivity contribution in [1.29, 1.82) is 0 Å². The van der Waals surface area contributed by atoms with Gasteiger partial charge in [0.15, 0.2) is 5.78 Å². The lowest BCUT2D eigenvalue weighted by Crippen LogP contribution is -2.34. The van der Waals surface area contributed by atoms with Crippen molar-refractivity contribution in [3.63, 3.8) is 0 Å². The summed E-state index contributed by atoms with van der Waals surface area (Å²) in [4.78, 5) is 26.3. The van der Waals surface area contributed by atoms with E-state index in [9.17, 15) is 9.59 Å². The Hall–Kier alpha value is -1.20. The number of primary amides is 1. The van der Waals surface area contributed by atoms with Crippen molar-refractivity contribution >= 4 is 23.0 Å². The first-order valence-electron chi connectivity index (χ1n) is 4.97. The van der Waals surface area contributed by atoms with Crippen LogP contribution in [0.2, 0.25) is 0 Å². The zero-order valence-electron chi connectivity index (χ0n) is 9.74. The Morgan fingerprint density at radius 1 is 1.38 bits per heavy atom. The molecule has 0 saturated carbocycles. The maximum Gasteiger partial charge on any atom is 0.231 e. The number of nitrogens with two attached hydrogens (primary N) is 1. The highest BCUT2D eigenvalue weighted by molar-refractivity contribution is 7.12. The van der Waals surface area contributed by atoms with Crippen LogP contribution in [-0.4, -0.2) is 36.7 Å². The van der Waals surface area contributed by atoms with Gasteiger partial charge in [-0.25, -0.2) is 0 Å². The maximum absolute atomic E-state index is 11.9. The van der Waals surface area contributed by atoms with Gasteiger partial charge in [0.25, 0.3) is 0 Å². The summed E-state index contributed by atoms with van der Waals surface area (Å²) in [5.41, 5.74) is 5.80. The molecular weight excluding hydrogens is 224 g/mol. The summed E-state index contributed by atoms with van der Waals surface area (Å²) in [6.45, 7) is 4.23. The molecule has 5 heteroatoms. The van der Waals surface area contributed by atoms with Gasteiger partial charge in [0, 0.05) is 15.3 Å². The fourth-order valence-corrected chi connectivity index (χ4v) is 2.50. The molecule has 0 bridgehead atoms. The van der Waals surface area contributed by atoms with Crippen LogP contribution in [0.4, 0.5) is 0 Å². The fourth-order valence-electron chi connectivity index (χ4n) is 1.56. The molecule has 0 aromatic carbocycles. The molecule has 1 amide bonds. The minimum atomic E-state index is -0.423. The highest BCUT2D eigenvalue weighted by Crippen LogP contribution is 2.21. The molecule has 1 heterocycles. The minimum absolute atomic E-state index is 0.0330. The van der Waals surface area contributed by atoms with E-state index in [1.807, 2.05) is 19.9 Å². The third-order valence-corrected chi connectivity index (χ3v) is 3.15. The van der Waals surface area contributed by atoms with E-state index in [0.29, 0.717) is 0 Å². The molecule has 0 aliphatic carbocycles. The Balaban J connectivity index is 2.65. The van der Waals surface area contributed by atoms with E-state index in [0.717, 1.165) is 15.3 Å². The molecule has 0 unspecified atom stereocenters. The molecule has 1 aromatic rings. The first-order valence-corrected chi connectivity index (χ1v) is 5.79. The van der Waals surface area contributed by atoms with Gasteiger partial charge < -0.3 is 5.73 Å². The largest absolute Gasteiger partial charge is 0.369 e. The van der Waals surface area contributed by atoms with Crippen LogP contribution in [0.5, 0.6) is 0 Å². The Morgan fingerprint density at radius 2 is 2.00 bits per heavy atom. The number of ketones is 1. The van der Waals surface area contributed by atoms with Crippen molar-refractivity contribution in [1.82, 2.24) is 4.90 Å². The molecule has 0 fully saturated rings. The summed E-state index contributed by atoms with van der Waals surface area (Å²) in [6.07, 6.45) is 0. The quantitative estimate of drug-likeness (QED) is 0.780. The van der Waals surface area contributed by atoms with Crippen molar-refractivity contribution in [2.24, 2.45) is 5.73 Å². The van der Waals surface area contributed by atoms with Crippen molar-refractivity contribution in [2.75, 3.05) is 20.1 Å². The summed E-state index contributed by atoms with van der Waals surface area (Å²) >= 11 is 1.61. The molecular formula is C11H16N2O2S. The summed E-state index contributed by atoms with van der Waals surface area (Å²) in [5, 5.41) is 0. The standard InChI is InChI=1S/C11H16N2O2S/c1-7-4-9(8(2)16-7)10(14)5-13(3)6-11(12)15/h4H,5-6H2,1-3H3,(H2,12,15). The van der Waals surface area contributed by atoms with Gasteiger partial charge in [-0.05, 0) is 27.0 Å². The second-order valence-corrected chi connectivity index (χ2v) is 5.35. The molecule has 0 spiro atoms. The highest BCUT2D eigenvalue weighted by Gasteiger charge is 2.14. The normalized spacial score (nSPS) is 10.8. The van der Waals surface area contributed by atoms with Gasteiger partial charge in [0.05, 0.1) is 13.1 Å². The van der Waals surface area contributed by atoms with E-state index >= 15 is 0 Å². The van der Waals surface area contributed by atoms with Gasteiger partial charge >= 0.3 is 0 Å². The Labute approximate surface area is 99.0 Å².